The highest BCUT2D eigenvalue weighted by Crippen LogP contribution is 2.15. The van der Waals surface area contributed by atoms with Crippen LogP contribution in [0.4, 0.5) is 5.69 Å². The Morgan fingerprint density at radius 3 is 2.84 bits per heavy atom. The minimum atomic E-state index is -0.456. The van der Waals surface area contributed by atoms with E-state index in [1.165, 1.54) is 17.1 Å². The maximum atomic E-state index is 10.7. The van der Waals surface area contributed by atoms with Gasteiger partial charge in [0.1, 0.15) is 12.4 Å². The van der Waals surface area contributed by atoms with Gasteiger partial charge in [0.15, 0.2) is 5.96 Å². The lowest BCUT2D eigenvalue weighted by atomic mass is 10.4. The fourth-order valence-electron chi connectivity index (χ4n) is 2.34. The van der Waals surface area contributed by atoms with Gasteiger partial charge in [0.2, 0.25) is 0 Å². The predicted octanol–water partition coefficient (Wildman–Crippen LogP) is 1.99. The maximum absolute atomic E-state index is 10.7. The topological polar surface area (TPSA) is 93.5 Å². The third-order valence-electron chi connectivity index (χ3n) is 3.59. The van der Waals surface area contributed by atoms with Crippen LogP contribution in [0.25, 0.3) is 0 Å². The zero-order valence-corrected chi connectivity index (χ0v) is 16.1. The van der Waals surface area contributed by atoms with Crippen LogP contribution in [0, 0.1) is 10.1 Å². The number of nitrogens with zero attached hydrogens (tertiary/aromatic N) is 6. The van der Waals surface area contributed by atoms with Crippen LogP contribution in [-0.2, 0) is 20.1 Å². The quantitative estimate of drug-likeness (QED) is 0.325. The fourth-order valence-corrected chi connectivity index (χ4v) is 2.91. The van der Waals surface area contributed by atoms with E-state index in [1.54, 1.807) is 0 Å². The Morgan fingerprint density at radius 1 is 1.52 bits per heavy atom. The molecule has 0 atom stereocenters. The van der Waals surface area contributed by atoms with E-state index in [2.05, 4.69) is 42.0 Å². The summed E-state index contributed by atoms with van der Waals surface area (Å²) < 4.78 is 4.63. The van der Waals surface area contributed by atoms with Crippen LogP contribution in [0.2, 0.25) is 0 Å². The van der Waals surface area contributed by atoms with Crippen molar-refractivity contribution in [2.45, 2.75) is 20.0 Å². The summed E-state index contributed by atoms with van der Waals surface area (Å²) in [6.45, 7) is 4.43. The summed E-state index contributed by atoms with van der Waals surface area (Å²) in [7, 11) is 3.98. The van der Waals surface area contributed by atoms with E-state index in [-0.39, 0.29) is 5.69 Å². The summed E-state index contributed by atoms with van der Waals surface area (Å²) >= 11 is 3.48. The number of aliphatic imine (C=N–C) groups is 1. The van der Waals surface area contributed by atoms with Crippen LogP contribution in [0.3, 0.4) is 0 Å². The van der Waals surface area contributed by atoms with E-state index in [1.807, 2.05) is 32.1 Å². The zero-order valence-electron chi connectivity index (χ0n) is 14.5. The molecule has 0 fully saturated rings. The summed E-state index contributed by atoms with van der Waals surface area (Å²) in [5.74, 6) is 0.779. The lowest BCUT2D eigenvalue weighted by molar-refractivity contribution is -0.385. The average molecular weight is 412 g/mol. The van der Waals surface area contributed by atoms with Crippen LogP contribution in [0.15, 0.2) is 34.1 Å². The highest BCUT2D eigenvalue weighted by Gasteiger charge is 2.11. The van der Waals surface area contributed by atoms with Gasteiger partial charge in [-0.3, -0.25) is 19.8 Å². The molecular formula is C15H22BrN7O2. The van der Waals surface area contributed by atoms with Gasteiger partial charge in [0, 0.05) is 37.0 Å². The first-order valence-electron chi connectivity index (χ1n) is 7.87. The molecule has 0 aliphatic rings. The number of hydrogen-bond donors (Lipinski definition) is 1. The highest BCUT2D eigenvalue weighted by atomic mass is 79.9. The van der Waals surface area contributed by atoms with Crippen molar-refractivity contribution < 1.29 is 4.92 Å². The number of aromatic nitrogens is 3. The average Bonchev–Trinajstić information content (AvgIpc) is 3.13. The standard InChI is InChI=1S/C15H22BrN7O2/c1-4-17-15(21(3)10-13-7-12(16)9-20(13)2)18-5-6-22-11-14(8-19-22)23(24)25/h7-9,11H,4-6,10H2,1-3H3,(H,17,18). The van der Waals surface area contributed by atoms with E-state index in [9.17, 15) is 10.1 Å². The van der Waals surface area contributed by atoms with Gasteiger partial charge in [-0.1, -0.05) is 0 Å². The minimum Gasteiger partial charge on any atom is -0.357 e. The Hall–Kier alpha value is -2.36. The van der Waals surface area contributed by atoms with Gasteiger partial charge < -0.3 is 14.8 Å². The first-order valence-corrected chi connectivity index (χ1v) is 8.67. The van der Waals surface area contributed by atoms with Gasteiger partial charge in [0.05, 0.1) is 24.6 Å². The summed E-state index contributed by atoms with van der Waals surface area (Å²) in [6.07, 6.45) is 4.67. The monoisotopic (exact) mass is 411 g/mol. The van der Waals surface area contributed by atoms with Gasteiger partial charge >= 0.3 is 5.69 Å². The van der Waals surface area contributed by atoms with Gasteiger partial charge in [-0.05, 0) is 28.9 Å². The molecule has 0 amide bonds. The van der Waals surface area contributed by atoms with E-state index in [4.69, 9.17) is 0 Å². The van der Waals surface area contributed by atoms with Crippen molar-refractivity contribution in [2.75, 3.05) is 20.1 Å². The zero-order chi connectivity index (χ0) is 18.4. The molecule has 0 aliphatic heterocycles. The van der Waals surface area contributed by atoms with Crippen molar-refractivity contribution in [1.29, 1.82) is 0 Å². The van der Waals surface area contributed by atoms with E-state index in [0.29, 0.717) is 19.6 Å². The third kappa shape index (κ3) is 5.31. The molecule has 0 aliphatic carbocycles. The summed E-state index contributed by atoms with van der Waals surface area (Å²) in [5.41, 5.74) is 1.14. The number of aryl methyl sites for hydroxylation is 1. The number of hydrogen-bond acceptors (Lipinski definition) is 4. The van der Waals surface area contributed by atoms with Crippen molar-refractivity contribution in [3.05, 3.63) is 44.9 Å². The molecule has 2 aromatic heterocycles. The molecule has 0 aromatic carbocycles. The van der Waals surface area contributed by atoms with Crippen LogP contribution >= 0.6 is 15.9 Å². The summed E-state index contributed by atoms with van der Waals surface area (Å²) in [5, 5.41) is 17.9. The second kappa shape index (κ2) is 8.65. The molecule has 9 nitrogen and oxygen atoms in total. The number of guanidine groups is 1. The first kappa shape index (κ1) is 19.0. The largest absolute Gasteiger partial charge is 0.357 e. The van der Waals surface area contributed by atoms with Gasteiger partial charge in [-0.25, -0.2) is 0 Å². The maximum Gasteiger partial charge on any atom is 0.306 e. The van der Waals surface area contributed by atoms with Crippen molar-refractivity contribution in [3.63, 3.8) is 0 Å². The molecule has 0 saturated heterocycles. The molecule has 0 radical (unpaired) electrons. The molecule has 2 heterocycles. The van der Waals surface area contributed by atoms with Gasteiger partial charge in [0.25, 0.3) is 0 Å². The van der Waals surface area contributed by atoms with Crippen molar-refractivity contribution in [3.8, 4) is 0 Å². The molecule has 10 heteroatoms. The molecule has 25 heavy (non-hydrogen) atoms. The number of halogens is 1. The highest BCUT2D eigenvalue weighted by molar-refractivity contribution is 9.10. The second-order valence-corrected chi connectivity index (χ2v) is 6.49. The molecule has 0 spiro atoms. The van der Waals surface area contributed by atoms with Gasteiger partial charge in [-0.15, -0.1) is 0 Å². The molecule has 2 aromatic rings. The number of rotatable bonds is 7. The molecule has 0 bridgehead atoms. The lowest BCUT2D eigenvalue weighted by Crippen LogP contribution is -2.39. The van der Waals surface area contributed by atoms with E-state index in [0.717, 1.165) is 22.7 Å². The van der Waals surface area contributed by atoms with Crippen LogP contribution < -0.4 is 5.32 Å². The Morgan fingerprint density at radius 2 is 2.28 bits per heavy atom. The van der Waals surface area contributed by atoms with Crippen molar-refractivity contribution >= 4 is 27.6 Å². The Balaban J connectivity index is 1.98. The molecule has 0 saturated carbocycles. The van der Waals surface area contributed by atoms with Crippen molar-refractivity contribution in [1.82, 2.24) is 24.6 Å². The van der Waals surface area contributed by atoms with Crippen LogP contribution in [-0.4, -0.2) is 50.3 Å². The predicted molar refractivity (Wildman–Crippen MR) is 99.4 cm³/mol. The summed E-state index contributed by atoms with van der Waals surface area (Å²) in [6, 6.07) is 2.07. The molecular weight excluding hydrogens is 390 g/mol. The summed E-state index contributed by atoms with van der Waals surface area (Å²) in [4.78, 5) is 16.8. The molecule has 2 rings (SSSR count). The van der Waals surface area contributed by atoms with Crippen LogP contribution in [0.1, 0.15) is 12.6 Å². The molecule has 1 N–H and O–H groups in total. The minimum absolute atomic E-state index is 0.0118. The first-order chi connectivity index (χ1) is 11.9. The SMILES string of the molecule is CCNC(=NCCn1cc([N+](=O)[O-])cn1)N(C)Cc1cc(Br)cn1C. The second-order valence-electron chi connectivity index (χ2n) is 5.57. The van der Waals surface area contributed by atoms with Crippen molar-refractivity contribution in [2.24, 2.45) is 12.0 Å². The molecule has 0 unspecified atom stereocenters. The Labute approximate surface area is 154 Å². The number of nitrogens with one attached hydrogen (secondary N) is 1. The lowest BCUT2D eigenvalue weighted by Gasteiger charge is -2.22. The Kier molecular flexibility index (Phi) is 6.57. The van der Waals surface area contributed by atoms with Crippen LogP contribution in [0.5, 0.6) is 0 Å². The van der Waals surface area contributed by atoms with Gasteiger partial charge in [-0.2, -0.15) is 5.10 Å². The Bertz CT molecular complexity index is 753. The fraction of sp³-hybridized carbons (Fsp3) is 0.467. The smallest absolute Gasteiger partial charge is 0.306 e. The normalized spacial score (nSPS) is 11.6. The van der Waals surface area contributed by atoms with E-state index < -0.39 is 4.92 Å². The molecule has 136 valence electrons. The van der Waals surface area contributed by atoms with E-state index >= 15 is 0 Å². The number of nitro groups is 1. The third-order valence-corrected chi connectivity index (χ3v) is 4.02.